The van der Waals surface area contributed by atoms with Crippen molar-refractivity contribution in [3.05, 3.63) is 35.9 Å². The fraction of sp³-hybridized carbons (Fsp3) is 0.588. The average molecular weight is 274 g/mol. The Morgan fingerprint density at radius 2 is 1.95 bits per heavy atom. The van der Waals surface area contributed by atoms with Gasteiger partial charge in [-0.05, 0) is 24.8 Å². The molecule has 0 bridgehead atoms. The van der Waals surface area contributed by atoms with Crippen molar-refractivity contribution in [1.29, 1.82) is 0 Å². The van der Waals surface area contributed by atoms with Gasteiger partial charge in [0.1, 0.15) is 0 Å². The number of nitrogens with zero attached hydrogens (tertiary/aromatic N) is 1. The Morgan fingerprint density at radius 3 is 2.55 bits per heavy atom. The summed E-state index contributed by atoms with van der Waals surface area (Å²) < 4.78 is 0. The summed E-state index contributed by atoms with van der Waals surface area (Å²) in [5.74, 6) is 0.168. The molecule has 1 amide bonds. The van der Waals surface area contributed by atoms with Gasteiger partial charge in [-0.25, -0.2) is 0 Å². The fourth-order valence-corrected chi connectivity index (χ4v) is 2.97. The maximum Gasteiger partial charge on any atom is 0.226 e. The van der Waals surface area contributed by atoms with Crippen LogP contribution in [-0.4, -0.2) is 29.9 Å². The summed E-state index contributed by atoms with van der Waals surface area (Å²) in [7, 11) is 0. The van der Waals surface area contributed by atoms with E-state index in [4.69, 9.17) is 5.73 Å². The Bertz CT molecular complexity index is 412. The lowest BCUT2D eigenvalue weighted by Crippen LogP contribution is -2.44. The predicted molar refractivity (Wildman–Crippen MR) is 82.3 cm³/mol. The molecule has 1 fully saturated rings. The first-order valence-electron chi connectivity index (χ1n) is 7.77. The van der Waals surface area contributed by atoms with Crippen molar-refractivity contribution in [2.75, 3.05) is 13.1 Å². The third kappa shape index (κ3) is 3.83. The third-order valence-corrected chi connectivity index (χ3v) is 4.31. The Hall–Kier alpha value is -1.35. The lowest BCUT2D eigenvalue weighted by Gasteiger charge is -2.31. The van der Waals surface area contributed by atoms with Crippen molar-refractivity contribution in [3.8, 4) is 0 Å². The summed E-state index contributed by atoms with van der Waals surface area (Å²) in [5, 5.41) is 0. The number of carbonyl (C=O) groups is 1. The zero-order chi connectivity index (χ0) is 14.4. The molecule has 3 nitrogen and oxygen atoms in total. The molecule has 110 valence electrons. The fourth-order valence-electron chi connectivity index (χ4n) is 2.97. The Kier molecular flexibility index (Phi) is 5.60. The van der Waals surface area contributed by atoms with Gasteiger partial charge in [0.2, 0.25) is 5.91 Å². The van der Waals surface area contributed by atoms with E-state index in [0.717, 1.165) is 25.8 Å². The molecule has 20 heavy (non-hydrogen) atoms. The average Bonchev–Trinajstić information content (AvgIpc) is 3.01. The van der Waals surface area contributed by atoms with Crippen molar-refractivity contribution in [3.63, 3.8) is 0 Å². The van der Waals surface area contributed by atoms with E-state index >= 15 is 0 Å². The van der Waals surface area contributed by atoms with Crippen LogP contribution in [-0.2, 0) is 11.2 Å². The molecular weight excluding hydrogens is 248 g/mol. The topological polar surface area (TPSA) is 46.3 Å². The van der Waals surface area contributed by atoms with Crippen LogP contribution in [0.15, 0.2) is 30.3 Å². The molecule has 1 aliphatic carbocycles. The third-order valence-electron chi connectivity index (χ3n) is 4.31. The quantitative estimate of drug-likeness (QED) is 0.866. The Labute approximate surface area is 122 Å². The van der Waals surface area contributed by atoms with Crippen LogP contribution in [0.1, 0.15) is 38.2 Å². The van der Waals surface area contributed by atoms with E-state index in [1.807, 2.05) is 13.0 Å². The minimum Gasteiger partial charge on any atom is -0.339 e. The highest BCUT2D eigenvalue weighted by molar-refractivity contribution is 5.79. The molecule has 2 N–H and O–H groups in total. The summed E-state index contributed by atoms with van der Waals surface area (Å²) in [6.45, 7) is 3.19. The van der Waals surface area contributed by atoms with Crippen molar-refractivity contribution in [2.45, 2.75) is 45.1 Å². The van der Waals surface area contributed by atoms with Gasteiger partial charge in [-0.2, -0.15) is 0 Å². The molecule has 0 aliphatic heterocycles. The molecule has 1 aromatic carbocycles. The lowest BCUT2D eigenvalue weighted by atomic mass is 10.1. The summed E-state index contributed by atoms with van der Waals surface area (Å²) in [4.78, 5) is 14.6. The van der Waals surface area contributed by atoms with Crippen molar-refractivity contribution in [1.82, 2.24) is 4.90 Å². The van der Waals surface area contributed by atoms with Gasteiger partial charge >= 0.3 is 0 Å². The van der Waals surface area contributed by atoms with Gasteiger partial charge in [-0.3, -0.25) is 4.79 Å². The Balaban J connectivity index is 2.00. The van der Waals surface area contributed by atoms with E-state index in [2.05, 4.69) is 29.2 Å². The lowest BCUT2D eigenvalue weighted by molar-refractivity contribution is -0.137. The number of carbonyl (C=O) groups excluding carboxylic acids is 1. The number of nitrogens with two attached hydrogens (primary N) is 1. The minimum atomic E-state index is -0.0635. The van der Waals surface area contributed by atoms with Gasteiger partial charge in [0, 0.05) is 25.0 Å². The van der Waals surface area contributed by atoms with Crippen LogP contribution in [0.2, 0.25) is 0 Å². The van der Waals surface area contributed by atoms with E-state index in [0.29, 0.717) is 12.6 Å². The summed E-state index contributed by atoms with van der Waals surface area (Å²) in [6, 6.07) is 10.8. The molecule has 0 saturated heterocycles. The van der Waals surface area contributed by atoms with Gasteiger partial charge in [0.15, 0.2) is 0 Å². The smallest absolute Gasteiger partial charge is 0.226 e. The molecule has 1 aliphatic rings. The SMILES string of the molecule is CC(CN)C(=O)N(CCc1ccccc1)C1CCCC1. The molecule has 0 radical (unpaired) electrons. The van der Waals surface area contributed by atoms with E-state index < -0.39 is 0 Å². The summed E-state index contributed by atoms with van der Waals surface area (Å²) in [6.07, 6.45) is 5.73. The summed E-state index contributed by atoms with van der Waals surface area (Å²) >= 11 is 0. The van der Waals surface area contributed by atoms with Gasteiger partial charge in [0.05, 0.1) is 0 Å². The highest BCUT2D eigenvalue weighted by Crippen LogP contribution is 2.25. The second-order valence-corrected chi connectivity index (χ2v) is 5.84. The highest BCUT2D eigenvalue weighted by Gasteiger charge is 2.28. The van der Waals surface area contributed by atoms with Gasteiger partial charge in [-0.15, -0.1) is 0 Å². The maximum absolute atomic E-state index is 12.5. The number of hydrogen-bond donors (Lipinski definition) is 1. The van der Waals surface area contributed by atoms with E-state index in [1.54, 1.807) is 0 Å². The summed E-state index contributed by atoms with van der Waals surface area (Å²) in [5.41, 5.74) is 6.96. The molecule has 0 aromatic heterocycles. The van der Waals surface area contributed by atoms with Crippen LogP contribution >= 0.6 is 0 Å². The monoisotopic (exact) mass is 274 g/mol. The van der Waals surface area contributed by atoms with Crippen molar-refractivity contribution < 1.29 is 4.79 Å². The Morgan fingerprint density at radius 1 is 1.30 bits per heavy atom. The van der Waals surface area contributed by atoms with Crippen LogP contribution in [0, 0.1) is 5.92 Å². The van der Waals surface area contributed by atoms with E-state index in [-0.39, 0.29) is 11.8 Å². The molecular formula is C17H26N2O. The second kappa shape index (κ2) is 7.44. The maximum atomic E-state index is 12.5. The highest BCUT2D eigenvalue weighted by atomic mass is 16.2. The first kappa shape index (κ1) is 15.0. The largest absolute Gasteiger partial charge is 0.339 e. The number of amides is 1. The normalized spacial score (nSPS) is 17.1. The molecule has 0 heterocycles. The van der Waals surface area contributed by atoms with Gasteiger partial charge in [-0.1, -0.05) is 50.1 Å². The second-order valence-electron chi connectivity index (χ2n) is 5.84. The van der Waals surface area contributed by atoms with Crippen LogP contribution in [0.4, 0.5) is 0 Å². The van der Waals surface area contributed by atoms with E-state index in [9.17, 15) is 4.79 Å². The number of hydrogen-bond acceptors (Lipinski definition) is 2. The molecule has 2 rings (SSSR count). The first-order chi connectivity index (χ1) is 9.72. The number of rotatable bonds is 6. The first-order valence-corrected chi connectivity index (χ1v) is 7.77. The van der Waals surface area contributed by atoms with Crippen LogP contribution in [0.5, 0.6) is 0 Å². The molecule has 1 saturated carbocycles. The van der Waals surface area contributed by atoms with Gasteiger partial charge < -0.3 is 10.6 Å². The van der Waals surface area contributed by atoms with Crippen molar-refractivity contribution in [2.24, 2.45) is 11.7 Å². The zero-order valence-electron chi connectivity index (χ0n) is 12.4. The van der Waals surface area contributed by atoms with Crippen LogP contribution in [0.3, 0.4) is 0 Å². The van der Waals surface area contributed by atoms with Gasteiger partial charge in [0.25, 0.3) is 0 Å². The minimum absolute atomic E-state index is 0.0635. The van der Waals surface area contributed by atoms with Crippen LogP contribution < -0.4 is 5.73 Å². The molecule has 1 unspecified atom stereocenters. The molecule has 1 aromatic rings. The predicted octanol–water partition coefficient (Wildman–Crippen LogP) is 2.60. The molecule has 0 spiro atoms. The van der Waals surface area contributed by atoms with E-state index in [1.165, 1.54) is 18.4 Å². The molecule has 3 heteroatoms. The van der Waals surface area contributed by atoms with Crippen LogP contribution in [0.25, 0.3) is 0 Å². The molecule has 1 atom stereocenters. The van der Waals surface area contributed by atoms with Crippen molar-refractivity contribution >= 4 is 5.91 Å². The number of benzene rings is 1. The standard InChI is InChI=1S/C17H26N2O/c1-14(13-18)17(20)19(16-9-5-6-10-16)12-11-15-7-3-2-4-8-15/h2-4,7-8,14,16H,5-6,9-13,18H2,1H3. The zero-order valence-corrected chi connectivity index (χ0v) is 12.4.